The molecule has 40 heavy (non-hydrogen) atoms. The number of hydrogen-bond donors (Lipinski definition) is 0. The van der Waals surface area contributed by atoms with Crippen LogP contribution in [0.2, 0.25) is 0 Å². The van der Waals surface area contributed by atoms with Gasteiger partial charge in [-0.3, -0.25) is 0 Å². The fourth-order valence-electron chi connectivity index (χ4n) is 5.82. The Morgan fingerprint density at radius 2 is 0.950 bits per heavy atom. The first kappa shape index (κ1) is 23.1. The third-order valence-electron chi connectivity index (χ3n) is 7.76. The SMILES string of the molecule is O=P(c1ccccc1)(c1ccccc1)c1cccc2c1oc1ccc(-c3ccc4oc5ccccc5c4c3)cc12. The zero-order valence-corrected chi connectivity index (χ0v) is 22.3. The minimum atomic E-state index is -3.20. The molecule has 0 aliphatic carbocycles. The Kier molecular flexibility index (Phi) is 5.10. The van der Waals surface area contributed by atoms with E-state index in [0.29, 0.717) is 10.9 Å². The minimum absolute atomic E-state index is 0.668. The van der Waals surface area contributed by atoms with Crippen molar-refractivity contribution in [2.75, 3.05) is 0 Å². The van der Waals surface area contributed by atoms with Crippen molar-refractivity contribution in [1.29, 1.82) is 0 Å². The maximum atomic E-state index is 15.1. The summed E-state index contributed by atoms with van der Waals surface area (Å²) < 4.78 is 27.7. The molecule has 0 saturated heterocycles. The van der Waals surface area contributed by atoms with Gasteiger partial charge in [0.15, 0.2) is 7.14 Å². The van der Waals surface area contributed by atoms with E-state index in [1.165, 1.54) is 0 Å². The second kappa shape index (κ2) is 8.84. The maximum Gasteiger partial charge on any atom is 0.174 e. The van der Waals surface area contributed by atoms with Gasteiger partial charge in [-0.25, -0.2) is 0 Å². The molecule has 0 saturated carbocycles. The molecule has 0 fully saturated rings. The first-order valence-corrected chi connectivity index (χ1v) is 15.0. The van der Waals surface area contributed by atoms with E-state index in [0.717, 1.165) is 60.0 Å². The molecule has 8 aromatic rings. The summed E-state index contributed by atoms with van der Waals surface area (Å²) in [6, 6.07) is 46.2. The van der Waals surface area contributed by atoms with Gasteiger partial charge < -0.3 is 13.4 Å². The van der Waals surface area contributed by atoms with Crippen LogP contribution < -0.4 is 15.9 Å². The van der Waals surface area contributed by atoms with Gasteiger partial charge in [0, 0.05) is 32.2 Å². The maximum absolute atomic E-state index is 15.1. The third kappa shape index (κ3) is 3.42. The van der Waals surface area contributed by atoms with E-state index in [2.05, 4.69) is 36.4 Å². The lowest BCUT2D eigenvalue weighted by Crippen LogP contribution is -2.25. The molecule has 8 rings (SSSR count). The molecule has 2 heterocycles. The third-order valence-corrected chi connectivity index (χ3v) is 10.8. The van der Waals surface area contributed by atoms with Crippen molar-refractivity contribution >= 4 is 66.9 Å². The molecule has 0 aliphatic heterocycles. The van der Waals surface area contributed by atoms with Crippen LogP contribution in [0.5, 0.6) is 0 Å². The lowest BCUT2D eigenvalue weighted by atomic mass is 10.0. The summed E-state index contributed by atoms with van der Waals surface area (Å²) >= 11 is 0. The van der Waals surface area contributed by atoms with Crippen molar-refractivity contribution in [2.45, 2.75) is 0 Å². The van der Waals surface area contributed by atoms with E-state index in [4.69, 9.17) is 8.83 Å². The van der Waals surface area contributed by atoms with Gasteiger partial charge >= 0.3 is 0 Å². The minimum Gasteiger partial charge on any atom is -0.456 e. The van der Waals surface area contributed by atoms with E-state index < -0.39 is 7.14 Å². The van der Waals surface area contributed by atoms with Gasteiger partial charge in [0.2, 0.25) is 0 Å². The zero-order valence-electron chi connectivity index (χ0n) is 21.5. The molecule has 2 aromatic heterocycles. The van der Waals surface area contributed by atoms with Crippen LogP contribution in [0.1, 0.15) is 0 Å². The van der Waals surface area contributed by atoms with Gasteiger partial charge in [0.05, 0.1) is 5.30 Å². The Labute approximate surface area is 230 Å². The Morgan fingerprint density at radius 3 is 1.62 bits per heavy atom. The number of benzene rings is 6. The van der Waals surface area contributed by atoms with Crippen LogP contribution in [-0.2, 0) is 4.57 Å². The lowest BCUT2D eigenvalue weighted by molar-refractivity contribution is 0.592. The fraction of sp³-hybridized carbons (Fsp3) is 0. The molecule has 190 valence electrons. The summed E-state index contributed by atoms with van der Waals surface area (Å²) in [5, 5.41) is 6.45. The van der Waals surface area contributed by atoms with Gasteiger partial charge in [-0.05, 0) is 47.5 Å². The zero-order chi connectivity index (χ0) is 26.7. The fourth-order valence-corrected chi connectivity index (χ4v) is 8.61. The number of rotatable bonds is 4. The second-order valence-corrected chi connectivity index (χ2v) is 12.8. The predicted molar refractivity (Wildman–Crippen MR) is 166 cm³/mol. The Bertz CT molecular complexity index is 2200. The molecule has 4 heteroatoms. The van der Waals surface area contributed by atoms with Crippen molar-refractivity contribution in [1.82, 2.24) is 0 Å². The monoisotopic (exact) mass is 534 g/mol. The summed E-state index contributed by atoms with van der Waals surface area (Å²) in [7, 11) is -3.20. The van der Waals surface area contributed by atoms with E-state index in [9.17, 15) is 0 Å². The molecule has 0 N–H and O–H groups in total. The van der Waals surface area contributed by atoms with Gasteiger partial charge in [0.25, 0.3) is 0 Å². The van der Waals surface area contributed by atoms with Gasteiger partial charge in [0.1, 0.15) is 22.3 Å². The largest absolute Gasteiger partial charge is 0.456 e. The van der Waals surface area contributed by atoms with Crippen LogP contribution in [0.3, 0.4) is 0 Å². The topological polar surface area (TPSA) is 43.4 Å². The number of hydrogen-bond acceptors (Lipinski definition) is 3. The summed E-state index contributed by atoms with van der Waals surface area (Å²) in [5.74, 6) is 0. The molecule has 0 atom stereocenters. The van der Waals surface area contributed by atoms with Crippen LogP contribution in [0, 0.1) is 0 Å². The number of para-hydroxylation sites is 2. The first-order chi connectivity index (χ1) is 19.7. The second-order valence-electron chi connectivity index (χ2n) is 10.1. The lowest BCUT2D eigenvalue weighted by Gasteiger charge is -2.20. The highest BCUT2D eigenvalue weighted by Gasteiger charge is 2.33. The summed E-state index contributed by atoms with van der Waals surface area (Å²) in [4.78, 5) is 0. The first-order valence-electron chi connectivity index (χ1n) is 13.3. The van der Waals surface area contributed by atoms with Crippen LogP contribution in [-0.4, -0.2) is 0 Å². The average Bonchev–Trinajstić information content (AvgIpc) is 3.59. The molecule has 0 bridgehead atoms. The van der Waals surface area contributed by atoms with Gasteiger partial charge in [-0.1, -0.05) is 103 Å². The van der Waals surface area contributed by atoms with Crippen molar-refractivity contribution < 1.29 is 13.4 Å². The molecule has 0 aliphatic rings. The molecule has 0 amide bonds. The standard InChI is InChI=1S/C36H23O3P/c37-40(26-10-3-1-4-11-26,27-12-5-2-6-13-27)35-17-9-15-29-31-23-25(19-21-34(31)39-36(29)35)24-18-20-33-30(22-24)28-14-7-8-16-32(28)38-33/h1-23H. The quantitative estimate of drug-likeness (QED) is 0.212. The van der Waals surface area contributed by atoms with Crippen molar-refractivity contribution in [3.05, 3.63) is 140 Å². The summed E-state index contributed by atoms with van der Waals surface area (Å²) in [6.45, 7) is 0. The van der Waals surface area contributed by atoms with Crippen LogP contribution in [0.4, 0.5) is 0 Å². The normalized spacial score (nSPS) is 12.1. The van der Waals surface area contributed by atoms with Crippen LogP contribution in [0.15, 0.2) is 148 Å². The highest BCUT2D eigenvalue weighted by Crippen LogP contribution is 2.46. The molecule has 6 aromatic carbocycles. The van der Waals surface area contributed by atoms with Crippen LogP contribution >= 0.6 is 7.14 Å². The van der Waals surface area contributed by atoms with E-state index in [1.807, 2.05) is 103 Å². The summed E-state index contributed by atoms with van der Waals surface area (Å²) in [5.41, 5.74) is 5.39. The summed E-state index contributed by atoms with van der Waals surface area (Å²) in [6.07, 6.45) is 0. The van der Waals surface area contributed by atoms with Crippen molar-refractivity contribution in [3.8, 4) is 11.1 Å². The molecule has 3 nitrogen and oxygen atoms in total. The Hall–Kier alpha value is -4.85. The van der Waals surface area contributed by atoms with Gasteiger partial charge in [-0.2, -0.15) is 0 Å². The highest BCUT2D eigenvalue weighted by molar-refractivity contribution is 7.85. The molecular formula is C36H23O3P. The van der Waals surface area contributed by atoms with E-state index >= 15 is 4.57 Å². The van der Waals surface area contributed by atoms with Crippen molar-refractivity contribution in [3.63, 3.8) is 0 Å². The number of fused-ring (bicyclic) bond motifs is 6. The predicted octanol–water partition coefficient (Wildman–Crippen LogP) is 8.79. The van der Waals surface area contributed by atoms with Crippen molar-refractivity contribution in [2.24, 2.45) is 0 Å². The average molecular weight is 535 g/mol. The van der Waals surface area contributed by atoms with Crippen LogP contribution in [0.25, 0.3) is 55.0 Å². The Morgan fingerprint density at radius 1 is 0.425 bits per heavy atom. The molecule has 0 spiro atoms. The highest BCUT2D eigenvalue weighted by atomic mass is 31.2. The smallest absolute Gasteiger partial charge is 0.174 e. The Balaban J connectivity index is 1.34. The molecule has 0 radical (unpaired) electrons. The molecular weight excluding hydrogens is 511 g/mol. The van der Waals surface area contributed by atoms with Gasteiger partial charge in [-0.15, -0.1) is 0 Å². The molecule has 0 unspecified atom stereocenters. The van der Waals surface area contributed by atoms with E-state index in [-0.39, 0.29) is 0 Å². The van der Waals surface area contributed by atoms with E-state index in [1.54, 1.807) is 0 Å². The number of furan rings is 2.